The van der Waals surface area contributed by atoms with Crippen LogP contribution in [0.1, 0.15) is 57.8 Å². The molecule has 224 valence electrons. The average molecular weight is 657 g/mol. The zero-order chi connectivity index (χ0) is 30.7. The third-order valence-electron chi connectivity index (χ3n) is 6.48. The normalized spacial score (nSPS) is 15.0. The minimum atomic E-state index is -0.983. The highest BCUT2D eigenvalue weighted by Crippen LogP contribution is 2.46. The number of aromatic nitrogens is 3. The van der Waals surface area contributed by atoms with E-state index in [1.165, 1.54) is 39.3 Å². The molecule has 3 heterocycles. The largest absolute Gasteiger partial charge is 0.503 e. The second kappa shape index (κ2) is 13.5. The van der Waals surface area contributed by atoms with Gasteiger partial charge in [-0.25, -0.2) is 4.98 Å². The van der Waals surface area contributed by atoms with Gasteiger partial charge in [0.1, 0.15) is 0 Å². The van der Waals surface area contributed by atoms with E-state index < -0.39 is 23.5 Å². The molecule has 0 fully saturated rings. The maximum Gasteiger partial charge on any atom is 0.296 e. The summed E-state index contributed by atoms with van der Waals surface area (Å²) >= 11 is 9.90. The Morgan fingerprint density at radius 3 is 2.51 bits per heavy atom. The number of thioether (sulfide) groups is 1. The monoisotopic (exact) mass is 656 g/mol. The Balaban J connectivity index is 1.55. The molecule has 1 unspecified atom stereocenters. The fraction of sp³-hybridized carbons (Fsp3) is 0.300. The number of ketones is 1. The number of amides is 1. The van der Waals surface area contributed by atoms with Crippen molar-refractivity contribution in [3.05, 3.63) is 85.5 Å². The van der Waals surface area contributed by atoms with Crippen molar-refractivity contribution in [1.29, 1.82) is 0 Å². The number of halogens is 1. The summed E-state index contributed by atoms with van der Waals surface area (Å²) in [6, 6.07) is 11.8. The number of nitrogens with zero attached hydrogens (tertiary/aromatic N) is 4. The number of thiazole rings is 1. The number of hydrogen-bond donors (Lipinski definition) is 1. The van der Waals surface area contributed by atoms with E-state index in [1.54, 1.807) is 32.0 Å². The van der Waals surface area contributed by atoms with Crippen molar-refractivity contribution in [2.45, 2.75) is 50.3 Å². The average Bonchev–Trinajstić information content (AvgIpc) is 3.67. The number of benzene rings is 2. The quantitative estimate of drug-likeness (QED) is 0.0939. The standard InChI is InChI=1S/C30H29ClN4O5S3/c1-5-13-40-21-12-9-19(14-22(21)39-6-2)24-23(25(36)27-16(3)32-17(4)42-27)26(37)28(38)35(24)29-33-34-30(43-29)41-15-18-7-10-20(31)11-8-18/h7-12,14,24,37H,5-6,13,15H2,1-4H3. The summed E-state index contributed by atoms with van der Waals surface area (Å²) in [7, 11) is 0. The van der Waals surface area contributed by atoms with E-state index in [-0.39, 0.29) is 10.7 Å². The van der Waals surface area contributed by atoms with Crippen molar-refractivity contribution in [2.75, 3.05) is 18.1 Å². The number of ether oxygens (including phenoxy) is 2. The second-order valence-electron chi connectivity index (χ2n) is 9.57. The number of aryl methyl sites for hydroxylation is 2. The first kappa shape index (κ1) is 31.0. The van der Waals surface area contributed by atoms with Gasteiger partial charge in [-0.05, 0) is 62.6 Å². The summed E-state index contributed by atoms with van der Waals surface area (Å²) in [5.41, 5.74) is 2.09. The summed E-state index contributed by atoms with van der Waals surface area (Å²) in [6.07, 6.45) is 0.816. The summed E-state index contributed by atoms with van der Waals surface area (Å²) in [6.45, 7) is 8.30. The Morgan fingerprint density at radius 2 is 1.84 bits per heavy atom. The SMILES string of the molecule is CCCOc1ccc(C2C(C(=O)c3sc(C)nc3C)=C(O)C(=O)N2c2nnc(SCc3ccc(Cl)cc3)s2)cc1OCC. The van der Waals surface area contributed by atoms with E-state index in [2.05, 4.69) is 15.2 Å². The van der Waals surface area contributed by atoms with Crippen LogP contribution in [0, 0.1) is 13.8 Å². The molecule has 1 aliphatic rings. The van der Waals surface area contributed by atoms with Crippen LogP contribution in [0.2, 0.25) is 5.02 Å². The van der Waals surface area contributed by atoms with Gasteiger partial charge >= 0.3 is 0 Å². The first-order valence-electron chi connectivity index (χ1n) is 13.6. The highest BCUT2D eigenvalue weighted by molar-refractivity contribution is 8.00. The van der Waals surface area contributed by atoms with Gasteiger partial charge in [-0.3, -0.25) is 14.5 Å². The molecule has 0 saturated heterocycles. The molecular formula is C30H29ClN4O5S3. The molecule has 2 aromatic heterocycles. The molecule has 43 heavy (non-hydrogen) atoms. The Labute approximate surface area is 266 Å². The molecule has 1 N–H and O–H groups in total. The Morgan fingerprint density at radius 1 is 1.07 bits per heavy atom. The molecule has 13 heteroatoms. The molecule has 1 aliphatic heterocycles. The number of carbonyl (C=O) groups excluding carboxylic acids is 2. The summed E-state index contributed by atoms with van der Waals surface area (Å²) in [4.78, 5) is 33.7. The van der Waals surface area contributed by atoms with Crippen LogP contribution >= 0.6 is 46.0 Å². The topological polar surface area (TPSA) is 115 Å². The molecule has 0 spiro atoms. The first-order chi connectivity index (χ1) is 20.7. The summed E-state index contributed by atoms with van der Waals surface area (Å²) in [5.74, 6) is -0.183. The van der Waals surface area contributed by atoms with Gasteiger partial charge < -0.3 is 14.6 Å². The lowest BCUT2D eigenvalue weighted by molar-refractivity contribution is -0.117. The molecule has 4 aromatic rings. The Bertz CT molecular complexity index is 1690. The van der Waals surface area contributed by atoms with Crippen LogP contribution in [0.4, 0.5) is 5.13 Å². The molecule has 2 aromatic carbocycles. The highest BCUT2D eigenvalue weighted by Gasteiger charge is 2.47. The lowest BCUT2D eigenvalue weighted by atomic mass is 9.95. The van der Waals surface area contributed by atoms with Crippen LogP contribution in [-0.2, 0) is 10.5 Å². The third-order valence-corrected chi connectivity index (χ3v) is 9.94. The van der Waals surface area contributed by atoms with E-state index in [0.29, 0.717) is 61.0 Å². The summed E-state index contributed by atoms with van der Waals surface area (Å²) < 4.78 is 12.4. The fourth-order valence-electron chi connectivity index (χ4n) is 4.59. The maximum atomic E-state index is 14.0. The van der Waals surface area contributed by atoms with Gasteiger partial charge in [0.2, 0.25) is 10.9 Å². The van der Waals surface area contributed by atoms with Crippen molar-refractivity contribution in [1.82, 2.24) is 15.2 Å². The molecule has 5 rings (SSSR count). The van der Waals surface area contributed by atoms with E-state index in [1.807, 2.05) is 38.1 Å². The van der Waals surface area contributed by atoms with Gasteiger partial charge in [0.15, 0.2) is 21.6 Å². The number of anilines is 1. The second-order valence-corrected chi connectivity index (χ2v) is 13.4. The number of hydrogen-bond acceptors (Lipinski definition) is 11. The minimum absolute atomic E-state index is 0.0491. The van der Waals surface area contributed by atoms with E-state index in [9.17, 15) is 14.7 Å². The third kappa shape index (κ3) is 6.57. The van der Waals surface area contributed by atoms with Crippen molar-refractivity contribution in [2.24, 2.45) is 0 Å². The number of carbonyl (C=O) groups is 2. The fourth-order valence-corrected chi connectivity index (χ4v) is 7.42. The van der Waals surface area contributed by atoms with Gasteiger partial charge in [0.25, 0.3) is 5.91 Å². The molecular weight excluding hydrogens is 628 g/mol. The predicted octanol–water partition coefficient (Wildman–Crippen LogP) is 7.53. The van der Waals surface area contributed by atoms with Crippen molar-refractivity contribution < 1.29 is 24.2 Å². The van der Waals surface area contributed by atoms with Crippen molar-refractivity contribution >= 4 is 62.9 Å². The van der Waals surface area contributed by atoms with Crippen molar-refractivity contribution in [3.63, 3.8) is 0 Å². The van der Waals surface area contributed by atoms with Crippen molar-refractivity contribution in [3.8, 4) is 11.5 Å². The summed E-state index contributed by atoms with van der Waals surface area (Å²) in [5, 5.41) is 21.4. The molecule has 0 aliphatic carbocycles. The zero-order valence-corrected chi connectivity index (χ0v) is 27.1. The van der Waals surface area contributed by atoms with Gasteiger partial charge in [-0.2, -0.15) is 0 Å². The minimum Gasteiger partial charge on any atom is -0.503 e. The highest BCUT2D eigenvalue weighted by atomic mass is 35.5. The predicted molar refractivity (Wildman–Crippen MR) is 170 cm³/mol. The van der Waals surface area contributed by atoms with Gasteiger partial charge in [-0.1, -0.05) is 59.8 Å². The lowest BCUT2D eigenvalue weighted by Crippen LogP contribution is -2.31. The van der Waals surface area contributed by atoms with Gasteiger partial charge in [0, 0.05) is 10.8 Å². The Hall–Kier alpha value is -3.45. The van der Waals surface area contributed by atoms with E-state index in [0.717, 1.165) is 12.0 Å². The van der Waals surface area contributed by atoms with Crippen LogP contribution in [0.25, 0.3) is 0 Å². The molecule has 1 amide bonds. The van der Waals surface area contributed by atoms with Gasteiger partial charge in [-0.15, -0.1) is 21.5 Å². The Kier molecular flexibility index (Phi) is 9.70. The van der Waals surface area contributed by atoms with Crippen LogP contribution in [0.3, 0.4) is 0 Å². The van der Waals surface area contributed by atoms with E-state index >= 15 is 0 Å². The van der Waals surface area contributed by atoms with Crippen LogP contribution in [0.15, 0.2) is 58.1 Å². The molecule has 9 nitrogen and oxygen atoms in total. The number of Topliss-reactive ketones (excluding diaryl/α,β-unsaturated/α-hetero) is 1. The van der Waals surface area contributed by atoms with Gasteiger partial charge in [0.05, 0.1) is 40.4 Å². The van der Waals surface area contributed by atoms with Crippen LogP contribution < -0.4 is 14.4 Å². The smallest absolute Gasteiger partial charge is 0.296 e. The van der Waals surface area contributed by atoms with Crippen LogP contribution in [-0.4, -0.2) is 45.2 Å². The number of aliphatic hydroxyl groups excluding tert-OH is 1. The lowest BCUT2D eigenvalue weighted by Gasteiger charge is -2.25. The zero-order valence-electron chi connectivity index (χ0n) is 23.9. The van der Waals surface area contributed by atoms with E-state index in [4.69, 9.17) is 21.1 Å². The molecule has 0 saturated carbocycles. The first-order valence-corrected chi connectivity index (χ1v) is 16.6. The molecule has 0 bridgehead atoms. The number of aliphatic hydroxyl groups is 1. The maximum absolute atomic E-state index is 14.0. The molecule has 1 atom stereocenters. The van der Waals surface area contributed by atoms with Crippen LogP contribution in [0.5, 0.6) is 11.5 Å². The number of rotatable bonds is 12. The molecule has 0 radical (unpaired) electrons.